The first-order valence-corrected chi connectivity index (χ1v) is 8.83. The standard InChI is InChI=1S/C15H15N3O2S2/c1-10-2-4-11(5-3-10)12-7-22-15(16-12)17-13(19)6-18-9-21-8-14(18)20/h2-5,7H,6,8-9H2,1H3,(H,16,17,19). The molecular weight excluding hydrogens is 318 g/mol. The van der Waals surface area contributed by atoms with Gasteiger partial charge in [-0.2, -0.15) is 0 Å². The monoisotopic (exact) mass is 333 g/mol. The normalized spacial score (nSPS) is 14.4. The van der Waals surface area contributed by atoms with E-state index in [-0.39, 0.29) is 18.4 Å². The minimum absolute atomic E-state index is 0.0135. The number of hydrogen-bond donors (Lipinski definition) is 1. The fourth-order valence-electron chi connectivity index (χ4n) is 2.06. The lowest BCUT2D eigenvalue weighted by Gasteiger charge is -2.13. The Labute approximate surface area is 136 Å². The van der Waals surface area contributed by atoms with Crippen LogP contribution in [0.2, 0.25) is 0 Å². The highest BCUT2D eigenvalue weighted by atomic mass is 32.2. The smallest absolute Gasteiger partial charge is 0.245 e. The number of rotatable bonds is 4. The Morgan fingerprint density at radius 3 is 2.82 bits per heavy atom. The summed E-state index contributed by atoms with van der Waals surface area (Å²) in [5.41, 5.74) is 3.06. The van der Waals surface area contributed by atoms with Gasteiger partial charge in [-0.05, 0) is 6.92 Å². The number of thiazole rings is 1. The molecule has 0 atom stereocenters. The van der Waals surface area contributed by atoms with Gasteiger partial charge in [-0.1, -0.05) is 29.8 Å². The molecule has 2 aromatic rings. The van der Waals surface area contributed by atoms with Gasteiger partial charge in [0, 0.05) is 10.9 Å². The van der Waals surface area contributed by atoms with Crippen LogP contribution < -0.4 is 5.32 Å². The number of nitrogens with zero attached hydrogens (tertiary/aromatic N) is 2. The quantitative estimate of drug-likeness (QED) is 0.934. The zero-order valence-electron chi connectivity index (χ0n) is 12.0. The number of nitrogens with one attached hydrogen (secondary N) is 1. The summed E-state index contributed by atoms with van der Waals surface area (Å²) < 4.78 is 0. The molecule has 0 saturated carbocycles. The zero-order chi connectivity index (χ0) is 15.5. The van der Waals surface area contributed by atoms with E-state index < -0.39 is 0 Å². The molecule has 0 spiro atoms. The number of carbonyl (C=O) groups excluding carboxylic acids is 2. The predicted octanol–water partition coefficient (Wildman–Crippen LogP) is 2.59. The highest BCUT2D eigenvalue weighted by Gasteiger charge is 2.23. The van der Waals surface area contributed by atoms with Gasteiger partial charge in [-0.3, -0.25) is 9.59 Å². The third-order valence-electron chi connectivity index (χ3n) is 3.26. The van der Waals surface area contributed by atoms with Crippen molar-refractivity contribution in [3.05, 3.63) is 35.2 Å². The second-order valence-corrected chi connectivity index (χ2v) is 6.83. The Bertz CT molecular complexity index is 697. The molecule has 0 radical (unpaired) electrons. The highest BCUT2D eigenvalue weighted by Crippen LogP contribution is 2.25. The summed E-state index contributed by atoms with van der Waals surface area (Å²) >= 11 is 2.91. The van der Waals surface area contributed by atoms with Crippen molar-refractivity contribution < 1.29 is 9.59 Å². The fourth-order valence-corrected chi connectivity index (χ4v) is 3.70. The first-order chi connectivity index (χ1) is 10.6. The molecule has 0 aliphatic carbocycles. The van der Waals surface area contributed by atoms with Crippen LogP contribution in [0.4, 0.5) is 5.13 Å². The van der Waals surface area contributed by atoms with E-state index in [4.69, 9.17) is 0 Å². The highest BCUT2D eigenvalue weighted by molar-refractivity contribution is 8.00. The Kier molecular flexibility index (Phi) is 4.44. The third kappa shape index (κ3) is 3.48. The second-order valence-electron chi connectivity index (χ2n) is 5.02. The molecular formula is C15H15N3O2S2. The van der Waals surface area contributed by atoms with E-state index in [1.807, 2.05) is 36.6 Å². The summed E-state index contributed by atoms with van der Waals surface area (Å²) in [6.07, 6.45) is 0. The van der Waals surface area contributed by atoms with Crippen molar-refractivity contribution in [3.63, 3.8) is 0 Å². The van der Waals surface area contributed by atoms with E-state index in [0.29, 0.717) is 16.8 Å². The van der Waals surface area contributed by atoms with Crippen molar-refractivity contribution in [1.29, 1.82) is 0 Å². The van der Waals surface area contributed by atoms with Crippen molar-refractivity contribution in [3.8, 4) is 11.3 Å². The maximum absolute atomic E-state index is 12.0. The van der Waals surface area contributed by atoms with Gasteiger partial charge >= 0.3 is 0 Å². The fraction of sp³-hybridized carbons (Fsp3) is 0.267. The number of aryl methyl sites for hydroxylation is 1. The van der Waals surface area contributed by atoms with Gasteiger partial charge in [0.05, 0.1) is 17.3 Å². The van der Waals surface area contributed by atoms with Crippen molar-refractivity contribution in [2.45, 2.75) is 6.92 Å². The van der Waals surface area contributed by atoms with Gasteiger partial charge < -0.3 is 10.2 Å². The maximum atomic E-state index is 12.0. The summed E-state index contributed by atoms with van der Waals surface area (Å²) in [4.78, 5) is 29.4. The molecule has 1 N–H and O–H groups in total. The number of hydrogen-bond acceptors (Lipinski definition) is 5. The molecule has 1 fully saturated rings. The van der Waals surface area contributed by atoms with Gasteiger partial charge in [-0.15, -0.1) is 23.1 Å². The van der Waals surface area contributed by atoms with Crippen LogP contribution >= 0.6 is 23.1 Å². The average molecular weight is 333 g/mol. The van der Waals surface area contributed by atoms with Gasteiger partial charge in [0.15, 0.2) is 5.13 Å². The molecule has 1 aromatic carbocycles. The molecule has 1 saturated heterocycles. The molecule has 0 bridgehead atoms. The molecule has 2 heterocycles. The molecule has 1 aliphatic rings. The van der Waals surface area contributed by atoms with Gasteiger partial charge in [0.25, 0.3) is 0 Å². The Hall–Kier alpha value is -1.86. The minimum Gasteiger partial charge on any atom is -0.323 e. The summed E-state index contributed by atoms with van der Waals surface area (Å²) in [5.74, 6) is 0.848. The molecule has 22 heavy (non-hydrogen) atoms. The lowest BCUT2D eigenvalue weighted by Crippen LogP contribution is -2.34. The van der Waals surface area contributed by atoms with Crippen LogP contribution in [0.1, 0.15) is 5.56 Å². The van der Waals surface area contributed by atoms with Crippen LogP contribution in [0.3, 0.4) is 0 Å². The van der Waals surface area contributed by atoms with Crippen LogP contribution in [0.5, 0.6) is 0 Å². The van der Waals surface area contributed by atoms with Crippen molar-refractivity contribution >= 4 is 40.0 Å². The lowest BCUT2D eigenvalue weighted by molar-refractivity contribution is -0.130. The van der Waals surface area contributed by atoms with E-state index in [1.54, 1.807) is 4.90 Å². The number of aromatic nitrogens is 1. The number of thioether (sulfide) groups is 1. The van der Waals surface area contributed by atoms with E-state index >= 15 is 0 Å². The number of amides is 2. The topological polar surface area (TPSA) is 62.3 Å². The van der Waals surface area contributed by atoms with Crippen LogP contribution in [0.25, 0.3) is 11.3 Å². The summed E-state index contributed by atoms with van der Waals surface area (Å²) in [7, 11) is 0. The first-order valence-electron chi connectivity index (χ1n) is 6.80. The molecule has 7 heteroatoms. The van der Waals surface area contributed by atoms with E-state index in [0.717, 1.165) is 11.3 Å². The van der Waals surface area contributed by atoms with Gasteiger partial charge in [0.1, 0.15) is 6.54 Å². The first kappa shape index (κ1) is 15.1. The molecule has 5 nitrogen and oxygen atoms in total. The van der Waals surface area contributed by atoms with Crippen LogP contribution in [0, 0.1) is 6.92 Å². The lowest BCUT2D eigenvalue weighted by atomic mass is 10.1. The molecule has 3 rings (SSSR count). The number of anilines is 1. The van der Waals surface area contributed by atoms with Crippen molar-refractivity contribution in [2.75, 3.05) is 23.5 Å². The average Bonchev–Trinajstić information content (AvgIpc) is 3.10. The van der Waals surface area contributed by atoms with Gasteiger partial charge in [0.2, 0.25) is 11.8 Å². The maximum Gasteiger partial charge on any atom is 0.245 e. The Morgan fingerprint density at radius 2 is 2.14 bits per heavy atom. The van der Waals surface area contributed by atoms with Crippen LogP contribution in [0.15, 0.2) is 29.6 Å². The van der Waals surface area contributed by atoms with E-state index in [1.165, 1.54) is 28.7 Å². The largest absolute Gasteiger partial charge is 0.323 e. The number of benzene rings is 1. The second kappa shape index (κ2) is 6.50. The molecule has 2 amide bonds. The Morgan fingerprint density at radius 1 is 1.36 bits per heavy atom. The molecule has 0 unspecified atom stereocenters. The molecule has 1 aliphatic heterocycles. The van der Waals surface area contributed by atoms with Crippen molar-refractivity contribution in [1.82, 2.24) is 9.88 Å². The molecule has 114 valence electrons. The zero-order valence-corrected chi connectivity index (χ0v) is 13.7. The number of carbonyl (C=O) groups is 2. The minimum atomic E-state index is -0.208. The van der Waals surface area contributed by atoms with Gasteiger partial charge in [-0.25, -0.2) is 4.98 Å². The summed E-state index contributed by atoms with van der Waals surface area (Å²) in [6, 6.07) is 8.08. The third-order valence-corrected chi connectivity index (χ3v) is 4.96. The van der Waals surface area contributed by atoms with Crippen molar-refractivity contribution in [2.24, 2.45) is 0 Å². The predicted molar refractivity (Wildman–Crippen MR) is 90.0 cm³/mol. The summed E-state index contributed by atoms with van der Waals surface area (Å²) in [5, 5.41) is 5.23. The molecule has 1 aromatic heterocycles. The van der Waals surface area contributed by atoms with E-state index in [2.05, 4.69) is 10.3 Å². The van der Waals surface area contributed by atoms with Crippen LogP contribution in [-0.4, -0.2) is 39.9 Å². The summed E-state index contributed by atoms with van der Waals surface area (Å²) in [6.45, 7) is 2.12. The SMILES string of the molecule is Cc1ccc(-c2csc(NC(=O)CN3CSCC3=O)n2)cc1. The van der Waals surface area contributed by atoms with Crippen LogP contribution in [-0.2, 0) is 9.59 Å². The van der Waals surface area contributed by atoms with E-state index in [9.17, 15) is 9.59 Å². The Balaban J connectivity index is 1.62.